The molecule has 1 saturated heterocycles. The molecule has 0 radical (unpaired) electrons. The van der Waals surface area contributed by atoms with Gasteiger partial charge >= 0.3 is 5.97 Å². The van der Waals surface area contributed by atoms with Crippen LogP contribution in [0.2, 0.25) is 10.0 Å². The SMILES string of the molecule is COc1ccc(CC(C)(C)C[C@@H]2N[C@H](C(=O)O)[C@H](c3cccc(Cl)c3F)[C@]2(C#N)c2ccc(Cl)cc2F)cc1. The molecular formula is C30H28Cl2F2N2O3. The van der Waals surface area contributed by atoms with Gasteiger partial charge in [0.15, 0.2) is 0 Å². The lowest BCUT2D eigenvalue weighted by atomic mass is 9.62. The van der Waals surface area contributed by atoms with Gasteiger partial charge in [-0.05, 0) is 59.7 Å². The smallest absolute Gasteiger partial charge is 0.321 e. The number of rotatable bonds is 8. The monoisotopic (exact) mass is 572 g/mol. The van der Waals surface area contributed by atoms with Gasteiger partial charge in [-0.1, -0.05) is 67.4 Å². The van der Waals surface area contributed by atoms with Gasteiger partial charge < -0.3 is 9.84 Å². The third kappa shape index (κ3) is 5.47. The lowest BCUT2D eigenvalue weighted by Crippen LogP contribution is -2.45. The predicted octanol–water partition coefficient (Wildman–Crippen LogP) is 6.91. The molecule has 1 aliphatic heterocycles. The third-order valence-electron chi connectivity index (χ3n) is 7.50. The van der Waals surface area contributed by atoms with Crippen LogP contribution < -0.4 is 10.1 Å². The summed E-state index contributed by atoms with van der Waals surface area (Å²) in [5, 5.41) is 24.0. The summed E-state index contributed by atoms with van der Waals surface area (Å²) in [6, 6.07) is 15.7. The van der Waals surface area contributed by atoms with Gasteiger partial charge in [0.1, 0.15) is 28.8 Å². The first kappa shape index (κ1) is 28.8. The molecule has 1 heterocycles. The van der Waals surface area contributed by atoms with Crippen LogP contribution in [-0.4, -0.2) is 30.3 Å². The van der Waals surface area contributed by atoms with Crippen LogP contribution in [0, 0.1) is 28.4 Å². The number of hydrogen-bond donors (Lipinski definition) is 2. The number of ether oxygens (including phenoxy) is 1. The Morgan fingerprint density at radius 3 is 2.44 bits per heavy atom. The summed E-state index contributed by atoms with van der Waals surface area (Å²) in [6.45, 7) is 3.98. The molecule has 39 heavy (non-hydrogen) atoms. The highest BCUT2D eigenvalue weighted by atomic mass is 35.5. The Balaban J connectivity index is 1.87. The molecule has 3 aromatic carbocycles. The van der Waals surface area contributed by atoms with E-state index < -0.39 is 46.4 Å². The van der Waals surface area contributed by atoms with Gasteiger partial charge in [0.2, 0.25) is 0 Å². The molecule has 0 unspecified atom stereocenters. The molecule has 4 atom stereocenters. The van der Waals surface area contributed by atoms with Crippen molar-refractivity contribution in [2.45, 2.75) is 50.1 Å². The van der Waals surface area contributed by atoms with Crippen molar-refractivity contribution in [2.75, 3.05) is 7.11 Å². The molecule has 1 fully saturated rings. The highest BCUT2D eigenvalue weighted by Crippen LogP contribution is 2.53. The zero-order valence-corrected chi connectivity index (χ0v) is 23.2. The zero-order chi connectivity index (χ0) is 28.5. The van der Waals surface area contributed by atoms with E-state index in [1.54, 1.807) is 7.11 Å². The van der Waals surface area contributed by atoms with Crippen LogP contribution in [0.4, 0.5) is 8.78 Å². The maximum Gasteiger partial charge on any atom is 0.321 e. The van der Waals surface area contributed by atoms with Gasteiger partial charge in [-0.2, -0.15) is 5.26 Å². The average molecular weight is 573 g/mol. The molecular weight excluding hydrogens is 545 g/mol. The molecule has 0 aromatic heterocycles. The number of carboxylic acid groups (broad SMARTS) is 1. The van der Waals surface area contributed by atoms with Gasteiger partial charge in [0.25, 0.3) is 0 Å². The number of carboxylic acids is 1. The standard InChI is InChI=1S/C30H28Cl2F2N2O3/c1-29(2,14-17-7-10-19(39-3)11-8-17)15-24-30(16-35,21-12-9-18(31)13-23(21)33)25(27(36-24)28(37)38)20-5-4-6-22(32)26(20)34/h4-13,24-25,27,36H,14-15H2,1-3H3,(H,37,38)/t24-,25-,27-,30+/m0/s1. The summed E-state index contributed by atoms with van der Waals surface area (Å²) in [7, 11) is 1.58. The zero-order valence-electron chi connectivity index (χ0n) is 21.6. The van der Waals surface area contributed by atoms with E-state index in [0.717, 1.165) is 11.6 Å². The molecule has 0 aliphatic carbocycles. The Morgan fingerprint density at radius 1 is 1.15 bits per heavy atom. The van der Waals surface area contributed by atoms with Gasteiger partial charge in [-0.15, -0.1) is 0 Å². The van der Waals surface area contributed by atoms with Crippen molar-refractivity contribution >= 4 is 29.2 Å². The molecule has 0 bridgehead atoms. The second kappa shape index (κ2) is 11.1. The lowest BCUT2D eigenvalue weighted by molar-refractivity contribution is -0.139. The van der Waals surface area contributed by atoms with E-state index in [2.05, 4.69) is 11.4 Å². The predicted molar refractivity (Wildman–Crippen MR) is 146 cm³/mol. The second-order valence-electron chi connectivity index (χ2n) is 10.7. The van der Waals surface area contributed by atoms with E-state index in [1.165, 1.54) is 30.3 Å². The van der Waals surface area contributed by atoms with Crippen molar-refractivity contribution < 1.29 is 23.4 Å². The van der Waals surface area contributed by atoms with E-state index in [0.29, 0.717) is 12.2 Å². The van der Waals surface area contributed by atoms with Crippen molar-refractivity contribution in [1.82, 2.24) is 5.32 Å². The Bertz CT molecular complexity index is 1420. The largest absolute Gasteiger partial charge is 0.497 e. The molecule has 5 nitrogen and oxygen atoms in total. The number of aliphatic carboxylic acids is 1. The van der Waals surface area contributed by atoms with Crippen LogP contribution in [0.5, 0.6) is 5.75 Å². The first-order valence-electron chi connectivity index (χ1n) is 12.4. The molecule has 0 amide bonds. The van der Waals surface area contributed by atoms with Gasteiger partial charge in [0, 0.05) is 22.5 Å². The number of nitrogens with zero attached hydrogens (tertiary/aromatic N) is 1. The van der Waals surface area contributed by atoms with E-state index in [1.807, 2.05) is 38.1 Å². The minimum atomic E-state index is -1.81. The normalized spacial score (nSPS) is 22.9. The summed E-state index contributed by atoms with van der Waals surface area (Å²) in [4.78, 5) is 12.6. The van der Waals surface area contributed by atoms with E-state index >= 15 is 8.78 Å². The summed E-state index contributed by atoms with van der Waals surface area (Å²) in [5.41, 5.74) is -1.41. The summed E-state index contributed by atoms with van der Waals surface area (Å²) in [5.74, 6) is -3.49. The van der Waals surface area contributed by atoms with Gasteiger partial charge in [-0.25, -0.2) is 8.78 Å². The van der Waals surface area contributed by atoms with Gasteiger partial charge in [-0.3, -0.25) is 10.1 Å². The van der Waals surface area contributed by atoms with Gasteiger partial charge in [0.05, 0.1) is 18.2 Å². The summed E-state index contributed by atoms with van der Waals surface area (Å²) < 4.78 is 36.3. The number of nitrogens with one attached hydrogen (secondary N) is 1. The van der Waals surface area contributed by atoms with Crippen LogP contribution in [0.25, 0.3) is 0 Å². The number of carbonyl (C=O) groups is 1. The van der Waals surface area contributed by atoms with Crippen LogP contribution in [0.1, 0.15) is 42.9 Å². The number of benzene rings is 3. The maximum atomic E-state index is 15.6. The van der Waals surface area contributed by atoms with Crippen molar-refractivity contribution in [1.29, 1.82) is 5.26 Å². The molecule has 9 heteroatoms. The van der Waals surface area contributed by atoms with E-state index in [4.69, 9.17) is 27.9 Å². The number of methoxy groups -OCH3 is 1. The van der Waals surface area contributed by atoms with Crippen molar-refractivity contribution in [2.24, 2.45) is 5.41 Å². The minimum Gasteiger partial charge on any atom is -0.497 e. The van der Waals surface area contributed by atoms with Crippen LogP contribution in [0.3, 0.4) is 0 Å². The van der Waals surface area contributed by atoms with Crippen molar-refractivity contribution in [3.63, 3.8) is 0 Å². The highest BCUT2D eigenvalue weighted by Gasteiger charge is 2.61. The van der Waals surface area contributed by atoms with Crippen molar-refractivity contribution in [3.8, 4) is 11.8 Å². The fourth-order valence-corrected chi connectivity index (χ4v) is 6.19. The van der Waals surface area contributed by atoms with Crippen LogP contribution in [0.15, 0.2) is 60.7 Å². The Hall–Kier alpha value is -3.18. The molecule has 0 saturated carbocycles. The van der Waals surface area contributed by atoms with E-state index in [-0.39, 0.29) is 27.6 Å². The Morgan fingerprint density at radius 2 is 1.85 bits per heavy atom. The first-order valence-corrected chi connectivity index (χ1v) is 13.1. The lowest BCUT2D eigenvalue weighted by Gasteiger charge is -2.38. The summed E-state index contributed by atoms with van der Waals surface area (Å²) in [6.07, 6.45) is 0.852. The molecule has 1 aliphatic rings. The number of halogens is 4. The van der Waals surface area contributed by atoms with E-state index in [9.17, 15) is 15.2 Å². The first-order chi connectivity index (χ1) is 18.4. The molecule has 204 valence electrons. The fraction of sp³-hybridized carbons (Fsp3) is 0.333. The Labute approximate surface area is 236 Å². The number of nitriles is 1. The maximum absolute atomic E-state index is 15.6. The Kier molecular flexibility index (Phi) is 8.22. The summed E-state index contributed by atoms with van der Waals surface area (Å²) >= 11 is 12.1. The fourth-order valence-electron chi connectivity index (χ4n) is 5.85. The average Bonchev–Trinajstić information content (AvgIpc) is 3.20. The number of hydrogen-bond acceptors (Lipinski definition) is 4. The third-order valence-corrected chi connectivity index (χ3v) is 8.02. The van der Waals surface area contributed by atoms with Crippen molar-refractivity contribution in [3.05, 3.63) is 99.0 Å². The molecule has 3 aromatic rings. The minimum absolute atomic E-state index is 0.0553. The van der Waals surface area contributed by atoms with Crippen LogP contribution >= 0.6 is 23.2 Å². The topological polar surface area (TPSA) is 82.3 Å². The van der Waals surface area contributed by atoms with Crippen LogP contribution in [-0.2, 0) is 16.6 Å². The molecule has 2 N–H and O–H groups in total. The highest BCUT2D eigenvalue weighted by molar-refractivity contribution is 6.31. The quantitative estimate of drug-likeness (QED) is 0.306. The molecule has 0 spiro atoms. The molecule has 4 rings (SSSR count). The second-order valence-corrected chi connectivity index (χ2v) is 11.5.